The van der Waals surface area contributed by atoms with E-state index in [0.29, 0.717) is 28.2 Å². The summed E-state index contributed by atoms with van der Waals surface area (Å²) >= 11 is 0. The van der Waals surface area contributed by atoms with Crippen molar-refractivity contribution in [3.8, 4) is 6.07 Å². The summed E-state index contributed by atoms with van der Waals surface area (Å²) < 4.78 is 27.9. The van der Waals surface area contributed by atoms with Gasteiger partial charge >= 0.3 is 6.03 Å². The van der Waals surface area contributed by atoms with Crippen molar-refractivity contribution in [2.24, 2.45) is 10.1 Å². The van der Waals surface area contributed by atoms with E-state index >= 15 is 0 Å². The lowest BCUT2D eigenvalue weighted by Gasteiger charge is -2.38. The number of carbonyl (C=O) groups excluding carboxylic acids is 1. The molecule has 154 valence electrons. The molecule has 2 heterocycles. The van der Waals surface area contributed by atoms with Crippen LogP contribution in [0.15, 0.2) is 70.8 Å². The number of amides is 2. The zero-order valence-corrected chi connectivity index (χ0v) is 16.8. The second-order valence-electron chi connectivity index (χ2n) is 7.10. The van der Waals surface area contributed by atoms with Crippen LogP contribution in [0.3, 0.4) is 0 Å². The van der Waals surface area contributed by atoms with Crippen LogP contribution in [0.4, 0.5) is 13.6 Å². The van der Waals surface area contributed by atoms with E-state index in [4.69, 9.17) is 5.26 Å². The zero-order valence-electron chi connectivity index (χ0n) is 16.8. The number of halogens is 2. The van der Waals surface area contributed by atoms with Gasteiger partial charge < -0.3 is 4.90 Å². The summed E-state index contributed by atoms with van der Waals surface area (Å²) in [4.78, 5) is 18.7. The van der Waals surface area contributed by atoms with Crippen LogP contribution in [-0.2, 0) is 0 Å². The molecule has 0 spiro atoms. The molecule has 0 saturated heterocycles. The van der Waals surface area contributed by atoms with Gasteiger partial charge in [-0.2, -0.15) is 20.4 Å². The number of nitriles is 1. The number of urea groups is 1. The Kier molecular flexibility index (Phi) is 5.17. The Morgan fingerprint density at radius 1 is 1.10 bits per heavy atom. The van der Waals surface area contributed by atoms with Gasteiger partial charge in [0.2, 0.25) is 0 Å². The lowest BCUT2D eigenvalue weighted by molar-refractivity contribution is 0.150. The molecule has 2 aliphatic heterocycles. The lowest BCUT2D eigenvalue weighted by atomic mass is 10.0. The number of carbonyl (C=O) groups is 1. The molecule has 0 bridgehead atoms. The van der Waals surface area contributed by atoms with Crippen molar-refractivity contribution in [3.05, 3.63) is 89.0 Å². The van der Waals surface area contributed by atoms with Gasteiger partial charge in [0.05, 0.1) is 17.3 Å². The summed E-state index contributed by atoms with van der Waals surface area (Å²) in [7, 11) is 1.74. The second kappa shape index (κ2) is 7.95. The fraction of sp³-hybridized carbons (Fsp3) is 0.130. The standard InChI is InChI=1S/C23H17F2N5O/c1-14-3-6-17(19-10-9-18(24)12-20(19)25)11-21-29(2)22(27-23(31)30(21)28-14)16-7-4-15(13-26)5-8-16/h3-12,21H,1-2H3/b6-3-,17-11?,28-14-. The lowest BCUT2D eigenvalue weighted by Crippen LogP contribution is -2.52. The Morgan fingerprint density at radius 2 is 1.84 bits per heavy atom. The first-order valence-corrected chi connectivity index (χ1v) is 9.43. The van der Waals surface area contributed by atoms with Crippen molar-refractivity contribution < 1.29 is 13.6 Å². The molecule has 0 aliphatic carbocycles. The van der Waals surface area contributed by atoms with E-state index in [0.717, 1.165) is 6.07 Å². The molecular weight excluding hydrogens is 400 g/mol. The number of allylic oxidation sites excluding steroid dienone is 3. The summed E-state index contributed by atoms with van der Waals surface area (Å²) in [5.41, 5.74) is 2.34. The van der Waals surface area contributed by atoms with Crippen LogP contribution in [0.1, 0.15) is 23.6 Å². The number of rotatable bonds is 2. The van der Waals surface area contributed by atoms with Crippen molar-refractivity contribution in [2.75, 3.05) is 7.05 Å². The second-order valence-corrected chi connectivity index (χ2v) is 7.10. The Morgan fingerprint density at radius 3 is 2.52 bits per heavy atom. The average molecular weight is 417 g/mol. The van der Waals surface area contributed by atoms with Gasteiger partial charge in [-0.1, -0.05) is 6.08 Å². The van der Waals surface area contributed by atoms with Crippen molar-refractivity contribution in [2.45, 2.75) is 13.1 Å². The van der Waals surface area contributed by atoms with Gasteiger partial charge in [-0.15, -0.1) is 0 Å². The fourth-order valence-corrected chi connectivity index (χ4v) is 3.40. The van der Waals surface area contributed by atoms with Crippen LogP contribution >= 0.6 is 0 Å². The minimum atomic E-state index is -0.705. The van der Waals surface area contributed by atoms with Gasteiger partial charge in [-0.05, 0) is 61.0 Å². The van der Waals surface area contributed by atoms with E-state index in [2.05, 4.69) is 10.1 Å². The van der Waals surface area contributed by atoms with Gasteiger partial charge in [-0.25, -0.2) is 13.6 Å². The third-order valence-corrected chi connectivity index (χ3v) is 4.99. The summed E-state index contributed by atoms with van der Waals surface area (Å²) in [6.45, 7) is 1.71. The summed E-state index contributed by atoms with van der Waals surface area (Å²) in [6, 6.07) is 11.5. The number of amidine groups is 1. The molecule has 31 heavy (non-hydrogen) atoms. The first-order valence-electron chi connectivity index (χ1n) is 9.43. The smallest absolute Gasteiger partial charge is 0.333 e. The van der Waals surface area contributed by atoms with Crippen LogP contribution in [-0.4, -0.2) is 40.7 Å². The van der Waals surface area contributed by atoms with Gasteiger partial charge in [0.25, 0.3) is 0 Å². The van der Waals surface area contributed by atoms with Crippen LogP contribution in [0.2, 0.25) is 0 Å². The fourth-order valence-electron chi connectivity index (χ4n) is 3.40. The van der Waals surface area contributed by atoms with E-state index in [1.54, 1.807) is 61.4 Å². The largest absolute Gasteiger partial charge is 0.368 e. The normalized spacial score (nSPS) is 21.1. The Labute approximate surface area is 177 Å². The van der Waals surface area contributed by atoms with Crippen molar-refractivity contribution in [1.82, 2.24) is 9.91 Å². The van der Waals surface area contributed by atoms with Crippen LogP contribution in [0, 0.1) is 23.0 Å². The molecule has 1 atom stereocenters. The maximum Gasteiger partial charge on any atom is 0.368 e. The van der Waals surface area contributed by atoms with Crippen molar-refractivity contribution >= 4 is 23.2 Å². The highest BCUT2D eigenvalue weighted by molar-refractivity contribution is 6.07. The highest BCUT2D eigenvalue weighted by atomic mass is 19.1. The predicted molar refractivity (Wildman–Crippen MR) is 113 cm³/mol. The number of nitrogens with zero attached hydrogens (tertiary/aromatic N) is 5. The molecule has 0 N–H and O–H groups in total. The number of hydrogen-bond donors (Lipinski definition) is 0. The molecule has 8 heteroatoms. The number of fused-ring (bicyclic) bond motifs is 1. The van der Waals surface area contributed by atoms with Crippen molar-refractivity contribution in [3.63, 3.8) is 0 Å². The molecule has 2 amide bonds. The predicted octanol–water partition coefficient (Wildman–Crippen LogP) is 4.31. The molecule has 6 nitrogen and oxygen atoms in total. The number of likely N-dealkylation sites (N-methyl/N-ethyl adjacent to an activating group) is 1. The van der Waals surface area contributed by atoms with Gasteiger partial charge in [0.1, 0.15) is 23.6 Å². The minimum Gasteiger partial charge on any atom is -0.333 e. The topological polar surface area (TPSA) is 72.1 Å². The summed E-state index contributed by atoms with van der Waals surface area (Å²) in [5, 5.41) is 14.6. The molecule has 0 aromatic heterocycles. The van der Waals surface area contributed by atoms with Gasteiger partial charge in [-0.3, -0.25) is 0 Å². The van der Waals surface area contributed by atoms with Crippen LogP contribution in [0.25, 0.3) is 5.57 Å². The SMILES string of the molecule is CC1=N/N2C(=O)N=C(c3ccc(C#N)cc3)N(C)C2C=C(c2ccc(F)cc2F)/C=C\1. The highest BCUT2D eigenvalue weighted by Crippen LogP contribution is 2.27. The van der Waals surface area contributed by atoms with E-state index in [1.165, 1.54) is 17.1 Å². The Balaban J connectivity index is 1.82. The van der Waals surface area contributed by atoms with E-state index < -0.39 is 23.8 Å². The maximum atomic E-state index is 14.5. The highest BCUT2D eigenvalue weighted by Gasteiger charge is 2.34. The van der Waals surface area contributed by atoms with E-state index in [1.807, 2.05) is 6.07 Å². The average Bonchev–Trinajstić information content (AvgIpc) is 2.74. The molecule has 4 rings (SSSR count). The minimum absolute atomic E-state index is 0.204. The third kappa shape index (κ3) is 3.85. The maximum absolute atomic E-state index is 14.5. The van der Waals surface area contributed by atoms with Crippen LogP contribution in [0.5, 0.6) is 0 Å². The molecule has 2 aromatic carbocycles. The number of hydrazone groups is 1. The summed E-state index contributed by atoms with van der Waals surface area (Å²) in [5.74, 6) is -0.983. The Hall–Kier alpha value is -4.12. The monoisotopic (exact) mass is 417 g/mol. The van der Waals surface area contributed by atoms with E-state index in [9.17, 15) is 13.6 Å². The quantitative estimate of drug-likeness (QED) is 0.731. The first kappa shape index (κ1) is 20.2. The van der Waals surface area contributed by atoms with Gasteiger partial charge in [0.15, 0.2) is 0 Å². The summed E-state index contributed by atoms with van der Waals surface area (Å²) in [6.07, 6.45) is 4.31. The van der Waals surface area contributed by atoms with Crippen LogP contribution < -0.4 is 0 Å². The Bertz CT molecular complexity index is 1220. The first-order chi connectivity index (χ1) is 14.9. The number of hydrogen-bond acceptors (Lipinski definition) is 4. The molecule has 0 saturated carbocycles. The molecule has 2 aromatic rings. The number of aliphatic imine (C=N–C) groups is 1. The van der Waals surface area contributed by atoms with E-state index in [-0.39, 0.29) is 5.56 Å². The molecular formula is C23H17F2N5O. The molecule has 2 aliphatic rings. The molecule has 1 unspecified atom stereocenters. The molecule has 0 radical (unpaired) electrons. The third-order valence-electron chi connectivity index (χ3n) is 4.99. The molecule has 0 fully saturated rings. The zero-order chi connectivity index (χ0) is 22.1. The van der Waals surface area contributed by atoms with Crippen molar-refractivity contribution in [1.29, 1.82) is 5.26 Å². The van der Waals surface area contributed by atoms with Gasteiger partial charge in [0, 0.05) is 24.2 Å². The number of benzene rings is 2.